The van der Waals surface area contributed by atoms with Gasteiger partial charge in [-0.3, -0.25) is 9.52 Å². The Morgan fingerprint density at radius 1 is 1.07 bits per heavy atom. The second-order valence-corrected chi connectivity index (χ2v) is 8.03. The highest BCUT2D eigenvalue weighted by Gasteiger charge is 2.18. The van der Waals surface area contributed by atoms with Crippen molar-refractivity contribution in [2.75, 3.05) is 18.3 Å². The molecule has 27 heavy (non-hydrogen) atoms. The van der Waals surface area contributed by atoms with Crippen LogP contribution >= 0.6 is 12.4 Å². The first kappa shape index (κ1) is 23.0. The Kier molecular flexibility index (Phi) is 8.27. The third kappa shape index (κ3) is 6.23. The minimum atomic E-state index is -3.78. The van der Waals surface area contributed by atoms with Crippen molar-refractivity contribution < 1.29 is 13.2 Å². The van der Waals surface area contributed by atoms with Crippen LogP contribution in [0, 0.1) is 13.8 Å². The fraction of sp³-hybridized carbons (Fsp3) is 0.316. The first-order valence-electron chi connectivity index (χ1n) is 8.38. The van der Waals surface area contributed by atoms with Gasteiger partial charge >= 0.3 is 0 Å². The molecule has 2 rings (SSSR count). The van der Waals surface area contributed by atoms with E-state index in [-0.39, 0.29) is 29.3 Å². The number of carbonyl (C=O) groups is 1. The van der Waals surface area contributed by atoms with Gasteiger partial charge in [-0.1, -0.05) is 23.8 Å². The van der Waals surface area contributed by atoms with Crippen LogP contribution in [0.3, 0.4) is 0 Å². The van der Waals surface area contributed by atoms with Crippen molar-refractivity contribution in [3.63, 3.8) is 0 Å². The molecule has 3 N–H and O–H groups in total. The van der Waals surface area contributed by atoms with Gasteiger partial charge in [0, 0.05) is 23.8 Å². The number of rotatable bonds is 7. The summed E-state index contributed by atoms with van der Waals surface area (Å²) >= 11 is 0. The van der Waals surface area contributed by atoms with Crippen molar-refractivity contribution in [3.8, 4) is 0 Å². The van der Waals surface area contributed by atoms with Crippen LogP contribution in [-0.2, 0) is 10.0 Å². The average molecular weight is 412 g/mol. The molecule has 1 atom stereocenters. The maximum absolute atomic E-state index is 12.6. The van der Waals surface area contributed by atoms with Gasteiger partial charge in [-0.2, -0.15) is 0 Å². The summed E-state index contributed by atoms with van der Waals surface area (Å²) in [6.07, 6.45) is 0. The number of carbonyl (C=O) groups excluding carboxylic acids is 1. The summed E-state index contributed by atoms with van der Waals surface area (Å²) in [6.45, 7) is 6.10. The molecule has 0 aliphatic rings. The highest BCUT2D eigenvalue weighted by Crippen LogP contribution is 2.19. The maximum atomic E-state index is 12.6. The van der Waals surface area contributed by atoms with Crippen molar-refractivity contribution in [2.45, 2.75) is 31.7 Å². The zero-order valence-corrected chi connectivity index (χ0v) is 17.5. The van der Waals surface area contributed by atoms with Crippen LogP contribution in [0.25, 0.3) is 0 Å². The number of sulfonamides is 1. The van der Waals surface area contributed by atoms with E-state index in [2.05, 4.69) is 15.4 Å². The Morgan fingerprint density at radius 3 is 2.30 bits per heavy atom. The maximum Gasteiger partial charge on any atom is 0.261 e. The Bertz CT molecular complexity index is 884. The molecule has 0 aromatic heterocycles. The first-order valence-corrected chi connectivity index (χ1v) is 9.87. The summed E-state index contributed by atoms with van der Waals surface area (Å²) in [4.78, 5) is 12.5. The third-order valence-electron chi connectivity index (χ3n) is 4.13. The number of aryl methyl sites for hydroxylation is 2. The fourth-order valence-electron chi connectivity index (χ4n) is 2.29. The monoisotopic (exact) mass is 411 g/mol. The number of likely N-dealkylation sites (N-methyl/N-ethyl adjacent to an activating group) is 1. The molecule has 0 radical (unpaired) electrons. The Morgan fingerprint density at radius 2 is 1.70 bits per heavy atom. The van der Waals surface area contributed by atoms with E-state index >= 15 is 0 Å². The second-order valence-electron chi connectivity index (χ2n) is 6.35. The number of amides is 1. The van der Waals surface area contributed by atoms with Crippen molar-refractivity contribution in [1.82, 2.24) is 10.6 Å². The summed E-state index contributed by atoms with van der Waals surface area (Å²) in [7, 11) is -1.97. The molecule has 1 unspecified atom stereocenters. The molecule has 0 aliphatic carbocycles. The van der Waals surface area contributed by atoms with Gasteiger partial charge in [-0.15, -0.1) is 12.4 Å². The van der Waals surface area contributed by atoms with Crippen LogP contribution < -0.4 is 15.4 Å². The van der Waals surface area contributed by atoms with E-state index in [9.17, 15) is 13.2 Å². The van der Waals surface area contributed by atoms with Crippen LogP contribution in [0.5, 0.6) is 0 Å². The normalized spacial score (nSPS) is 12.0. The molecule has 6 nitrogen and oxygen atoms in total. The van der Waals surface area contributed by atoms with Crippen LogP contribution in [0.2, 0.25) is 0 Å². The largest absolute Gasteiger partial charge is 0.350 e. The molecule has 8 heteroatoms. The third-order valence-corrected chi connectivity index (χ3v) is 5.51. The molecule has 0 saturated carbocycles. The average Bonchev–Trinajstić information content (AvgIpc) is 2.61. The molecule has 0 heterocycles. The number of benzene rings is 2. The number of nitrogens with one attached hydrogen (secondary N) is 3. The minimum Gasteiger partial charge on any atom is -0.350 e. The Hall–Kier alpha value is -2.09. The van der Waals surface area contributed by atoms with Gasteiger partial charge in [-0.25, -0.2) is 8.42 Å². The molecular weight excluding hydrogens is 386 g/mol. The lowest BCUT2D eigenvalue weighted by molar-refractivity contribution is 0.0949. The second kappa shape index (κ2) is 9.73. The quantitative estimate of drug-likeness (QED) is 0.653. The van der Waals surface area contributed by atoms with Crippen molar-refractivity contribution in [1.29, 1.82) is 0 Å². The zero-order valence-electron chi connectivity index (χ0n) is 15.9. The van der Waals surface area contributed by atoms with Gasteiger partial charge in [0.15, 0.2) is 0 Å². The predicted octanol–water partition coefficient (Wildman–Crippen LogP) is 2.86. The lowest BCUT2D eigenvalue weighted by Gasteiger charge is -2.14. The number of hydrogen-bond donors (Lipinski definition) is 3. The molecule has 148 valence electrons. The molecule has 0 spiro atoms. The summed E-state index contributed by atoms with van der Waals surface area (Å²) in [6, 6.07) is 11.7. The van der Waals surface area contributed by atoms with Gasteiger partial charge in [0.2, 0.25) is 0 Å². The van der Waals surface area contributed by atoms with E-state index in [0.29, 0.717) is 23.4 Å². The number of hydrogen-bond acceptors (Lipinski definition) is 4. The molecule has 1 amide bonds. The van der Waals surface area contributed by atoms with Crippen LogP contribution in [0.15, 0.2) is 47.4 Å². The van der Waals surface area contributed by atoms with Crippen molar-refractivity contribution in [3.05, 3.63) is 59.2 Å². The van der Waals surface area contributed by atoms with E-state index in [4.69, 9.17) is 0 Å². The SMILES string of the molecule is CNC(C)CNC(=O)c1cc(S(=O)(=O)Nc2ccc(C)cc2)ccc1C.Cl. The van der Waals surface area contributed by atoms with Gasteiger partial charge in [0.25, 0.3) is 15.9 Å². The lowest BCUT2D eigenvalue weighted by Crippen LogP contribution is -2.37. The topological polar surface area (TPSA) is 87.3 Å². The molecule has 0 fully saturated rings. The number of halogens is 1. The summed E-state index contributed by atoms with van der Waals surface area (Å²) in [5, 5.41) is 5.84. The zero-order chi connectivity index (χ0) is 19.3. The summed E-state index contributed by atoms with van der Waals surface area (Å²) < 4.78 is 27.8. The highest BCUT2D eigenvalue weighted by molar-refractivity contribution is 7.92. The summed E-state index contributed by atoms with van der Waals surface area (Å²) in [5.74, 6) is -0.294. The molecule has 2 aromatic rings. The smallest absolute Gasteiger partial charge is 0.261 e. The molecule has 0 aliphatic heterocycles. The van der Waals surface area contributed by atoms with E-state index in [0.717, 1.165) is 5.56 Å². The fourth-order valence-corrected chi connectivity index (χ4v) is 3.38. The van der Waals surface area contributed by atoms with Crippen LogP contribution in [-0.4, -0.2) is 34.0 Å². The van der Waals surface area contributed by atoms with E-state index < -0.39 is 10.0 Å². The predicted molar refractivity (Wildman–Crippen MR) is 111 cm³/mol. The highest BCUT2D eigenvalue weighted by atomic mass is 35.5. The number of anilines is 1. The van der Waals surface area contributed by atoms with Gasteiger partial charge < -0.3 is 10.6 Å². The Balaban J connectivity index is 0.00000364. The standard InChI is InChI=1S/C19H25N3O3S.ClH/c1-13-5-8-16(9-6-13)22-26(24,25)17-10-7-14(2)18(11-17)19(23)21-12-15(3)20-4;/h5-11,15,20,22H,12H2,1-4H3,(H,21,23);1H. The van der Waals surface area contributed by atoms with Gasteiger partial charge in [0.05, 0.1) is 4.90 Å². The molecule has 0 saturated heterocycles. The molecule has 2 aromatic carbocycles. The first-order chi connectivity index (χ1) is 12.2. The lowest BCUT2D eigenvalue weighted by atomic mass is 10.1. The van der Waals surface area contributed by atoms with Crippen LogP contribution in [0.1, 0.15) is 28.4 Å². The van der Waals surface area contributed by atoms with Gasteiger partial charge in [0.1, 0.15) is 0 Å². The van der Waals surface area contributed by atoms with E-state index in [1.54, 1.807) is 25.1 Å². The van der Waals surface area contributed by atoms with Gasteiger partial charge in [-0.05, 0) is 57.6 Å². The minimum absolute atomic E-state index is 0. The van der Waals surface area contributed by atoms with Crippen LogP contribution in [0.4, 0.5) is 5.69 Å². The van der Waals surface area contributed by atoms with Crippen molar-refractivity contribution >= 4 is 34.0 Å². The molecular formula is C19H26ClN3O3S. The summed E-state index contributed by atoms with van der Waals surface area (Å²) in [5.41, 5.74) is 2.58. The molecule has 0 bridgehead atoms. The Labute approximate surface area is 167 Å². The van der Waals surface area contributed by atoms with E-state index in [1.807, 2.05) is 33.0 Å². The van der Waals surface area contributed by atoms with E-state index in [1.165, 1.54) is 12.1 Å². The van der Waals surface area contributed by atoms with Crippen molar-refractivity contribution in [2.24, 2.45) is 0 Å².